The molecule has 2 heteroatoms. The monoisotopic (exact) mass is 219 g/mol. The normalized spacial score (nSPS) is 11.6. The van der Waals surface area contributed by atoms with Crippen LogP contribution in [0.15, 0.2) is 18.2 Å². The summed E-state index contributed by atoms with van der Waals surface area (Å²) in [5.41, 5.74) is 8.78. The zero-order valence-electron chi connectivity index (χ0n) is 10.6. The molecule has 0 atom stereocenters. The van der Waals surface area contributed by atoms with Gasteiger partial charge in [0, 0.05) is 17.5 Å². The summed E-state index contributed by atoms with van der Waals surface area (Å²) < 4.78 is 0. The summed E-state index contributed by atoms with van der Waals surface area (Å²) in [7, 11) is 0. The van der Waals surface area contributed by atoms with E-state index >= 15 is 0 Å². The fourth-order valence-corrected chi connectivity index (χ4v) is 1.49. The van der Waals surface area contributed by atoms with Gasteiger partial charge in [0.15, 0.2) is 5.78 Å². The van der Waals surface area contributed by atoms with Gasteiger partial charge in [-0.2, -0.15) is 0 Å². The highest BCUT2D eigenvalue weighted by molar-refractivity contribution is 5.96. The van der Waals surface area contributed by atoms with E-state index in [1.54, 1.807) is 0 Å². The van der Waals surface area contributed by atoms with Gasteiger partial charge in [-0.05, 0) is 51.3 Å². The molecule has 2 nitrogen and oxygen atoms in total. The van der Waals surface area contributed by atoms with E-state index in [0.29, 0.717) is 6.42 Å². The van der Waals surface area contributed by atoms with Crippen LogP contribution in [0.5, 0.6) is 0 Å². The first-order valence-electron chi connectivity index (χ1n) is 5.69. The maximum Gasteiger partial charge on any atom is 0.162 e. The second-order valence-electron chi connectivity index (χ2n) is 5.21. The summed E-state index contributed by atoms with van der Waals surface area (Å²) in [6.45, 7) is 7.97. The molecular formula is C14H21NO. The van der Waals surface area contributed by atoms with E-state index in [-0.39, 0.29) is 11.3 Å². The van der Waals surface area contributed by atoms with E-state index in [0.717, 1.165) is 17.5 Å². The summed E-state index contributed by atoms with van der Waals surface area (Å²) >= 11 is 0. The van der Waals surface area contributed by atoms with Gasteiger partial charge < -0.3 is 5.73 Å². The van der Waals surface area contributed by atoms with Crippen LogP contribution in [0.2, 0.25) is 0 Å². The van der Waals surface area contributed by atoms with Crippen molar-refractivity contribution in [1.82, 2.24) is 0 Å². The molecule has 0 aliphatic carbocycles. The van der Waals surface area contributed by atoms with Crippen molar-refractivity contribution < 1.29 is 4.79 Å². The van der Waals surface area contributed by atoms with Gasteiger partial charge in [-0.3, -0.25) is 4.79 Å². The second-order valence-corrected chi connectivity index (χ2v) is 5.21. The molecule has 88 valence electrons. The Hall–Kier alpha value is -1.15. The van der Waals surface area contributed by atoms with E-state index in [2.05, 4.69) is 0 Å². The molecule has 0 radical (unpaired) electrons. The molecule has 0 fully saturated rings. The van der Waals surface area contributed by atoms with Gasteiger partial charge in [0.05, 0.1) is 0 Å². The first kappa shape index (κ1) is 12.9. The summed E-state index contributed by atoms with van der Waals surface area (Å²) in [5, 5.41) is 0. The predicted molar refractivity (Wildman–Crippen MR) is 67.7 cm³/mol. The van der Waals surface area contributed by atoms with Crippen LogP contribution in [0.1, 0.15) is 48.2 Å². The molecule has 0 spiro atoms. The van der Waals surface area contributed by atoms with Crippen LogP contribution in [0.3, 0.4) is 0 Å². The van der Waals surface area contributed by atoms with Crippen molar-refractivity contribution in [3.8, 4) is 0 Å². The lowest BCUT2D eigenvalue weighted by molar-refractivity contribution is 0.0972. The molecule has 1 rings (SSSR count). The number of benzene rings is 1. The SMILES string of the molecule is Cc1ccc(C(=O)CCC(C)(C)N)cc1C. The highest BCUT2D eigenvalue weighted by Crippen LogP contribution is 2.15. The zero-order chi connectivity index (χ0) is 12.3. The van der Waals surface area contributed by atoms with Crippen molar-refractivity contribution in [1.29, 1.82) is 0 Å². The van der Waals surface area contributed by atoms with E-state index in [1.165, 1.54) is 5.56 Å². The average Bonchev–Trinajstić information content (AvgIpc) is 2.17. The van der Waals surface area contributed by atoms with Gasteiger partial charge in [0.2, 0.25) is 0 Å². The Labute approximate surface area is 97.9 Å². The van der Waals surface area contributed by atoms with E-state index < -0.39 is 0 Å². The van der Waals surface area contributed by atoms with Gasteiger partial charge in [0.1, 0.15) is 0 Å². The van der Waals surface area contributed by atoms with Crippen molar-refractivity contribution in [2.24, 2.45) is 5.73 Å². The van der Waals surface area contributed by atoms with Gasteiger partial charge in [0.25, 0.3) is 0 Å². The molecule has 0 bridgehead atoms. The number of hydrogen-bond acceptors (Lipinski definition) is 2. The highest BCUT2D eigenvalue weighted by Gasteiger charge is 2.14. The first-order valence-corrected chi connectivity index (χ1v) is 5.69. The molecule has 0 aliphatic heterocycles. The van der Waals surface area contributed by atoms with Crippen molar-refractivity contribution in [2.45, 2.75) is 46.1 Å². The average molecular weight is 219 g/mol. The van der Waals surface area contributed by atoms with Crippen LogP contribution in [0.25, 0.3) is 0 Å². The molecule has 2 N–H and O–H groups in total. The fourth-order valence-electron chi connectivity index (χ4n) is 1.49. The second kappa shape index (κ2) is 4.79. The van der Waals surface area contributed by atoms with Crippen LogP contribution in [0, 0.1) is 13.8 Å². The molecule has 0 amide bonds. The van der Waals surface area contributed by atoms with Gasteiger partial charge in [-0.1, -0.05) is 12.1 Å². The predicted octanol–water partition coefficient (Wildman–Crippen LogP) is 3.00. The maximum atomic E-state index is 11.9. The molecule has 1 aromatic carbocycles. The number of rotatable bonds is 4. The van der Waals surface area contributed by atoms with Crippen LogP contribution >= 0.6 is 0 Å². The molecule has 0 heterocycles. The largest absolute Gasteiger partial charge is 0.326 e. The Kier molecular flexibility index (Phi) is 3.87. The highest BCUT2D eigenvalue weighted by atomic mass is 16.1. The van der Waals surface area contributed by atoms with Crippen LogP contribution in [-0.4, -0.2) is 11.3 Å². The van der Waals surface area contributed by atoms with Crippen molar-refractivity contribution >= 4 is 5.78 Å². The van der Waals surface area contributed by atoms with Crippen LogP contribution in [-0.2, 0) is 0 Å². The summed E-state index contributed by atoms with van der Waals surface area (Å²) in [6.07, 6.45) is 1.24. The lowest BCUT2D eigenvalue weighted by Crippen LogP contribution is -2.32. The van der Waals surface area contributed by atoms with Crippen LogP contribution in [0.4, 0.5) is 0 Å². The minimum Gasteiger partial charge on any atom is -0.326 e. The van der Waals surface area contributed by atoms with Gasteiger partial charge in [-0.25, -0.2) is 0 Å². The Balaban J connectivity index is 2.70. The third-order valence-corrected chi connectivity index (χ3v) is 2.83. The molecule has 0 aliphatic rings. The number of nitrogens with two attached hydrogens (primary N) is 1. The van der Waals surface area contributed by atoms with Crippen molar-refractivity contribution in [2.75, 3.05) is 0 Å². The van der Waals surface area contributed by atoms with Gasteiger partial charge in [-0.15, -0.1) is 0 Å². The quantitative estimate of drug-likeness (QED) is 0.791. The molecule has 0 aromatic heterocycles. The van der Waals surface area contributed by atoms with E-state index in [9.17, 15) is 4.79 Å². The number of ketones is 1. The summed E-state index contributed by atoms with van der Waals surface area (Å²) in [6, 6.07) is 5.85. The van der Waals surface area contributed by atoms with Gasteiger partial charge >= 0.3 is 0 Å². The van der Waals surface area contributed by atoms with Crippen LogP contribution < -0.4 is 5.73 Å². The molecule has 0 saturated heterocycles. The lowest BCUT2D eigenvalue weighted by atomic mass is 9.95. The molecule has 0 saturated carbocycles. The Morgan fingerprint density at radius 2 is 1.88 bits per heavy atom. The number of hydrogen-bond donors (Lipinski definition) is 1. The lowest BCUT2D eigenvalue weighted by Gasteiger charge is -2.17. The number of Topliss-reactive ketones (excluding diaryl/α,β-unsaturated/α-hetero) is 1. The first-order chi connectivity index (χ1) is 7.29. The summed E-state index contributed by atoms with van der Waals surface area (Å²) in [5.74, 6) is 0.182. The smallest absolute Gasteiger partial charge is 0.162 e. The molecular weight excluding hydrogens is 198 g/mol. The van der Waals surface area contributed by atoms with E-state index in [4.69, 9.17) is 5.73 Å². The zero-order valence-corrected chi connectivity index (χ0v) is 10.6. The topological polar surface area (TPSA) is 43.1 Å². The number of carbonyl (C=O) groups excluding carboxylic acids is 1. The van der Waals surface area contributed by atoms with E-state index in [1.807, 2.05) is 45.9 Å². The molecule has 16 heavy (non-hydrogen) atoms. The molecule has 1 aromatic rings. The summed E-state index contributed by atoms with van der Waals surface area (Å²) in [4.78, 5) is 11.9. The minimum atomic E-state index is -0.268. The van der Waals surface area contributed by atoms with Crippen molar-refractivity contribution in [3.63, 3.8) is 0 Å². The van der Waals surface area contributed by atoms with Crippen molar-refractivity contribution in [3.05, 3.63) is 34.9 Å². The Morgan fingerprint density at radius 1 is 1.25 bits per heavy atom. The Morgan fingerprint density at radius 3 is 2.38 bits per heavy atom. The number of aryl methyl sites for hydroxylation is 2. The third-order valence-electron chi connectivity index (χ3n) is 2.83. The minimum absolute atomic E-state index is 0.182. The fraction of sp³-hybridized carbons (Fsp3) is 0.500. The Bertz CT molecular complexity index is 388. The third kappa shape index (κ3) is 3.78. The molecule has 0 unspecified atom stereocenters. The maximum absolute atomic E-state index is 11.9. The number of carbonyl (C=O) groups is 1. The standard InChI is InChI=1S/C14H21NO/c1-10-5-6-12(9-11(10)2)13(16)7-8-14(3,4)15/h5-6,9H,7-8,15H2,1-4H3.